The summed E-state index contributed by atoms with van der Waals surface area (Å²) < 4.78 is 2.99. The molecule has 174 valence electrons. The van der Waals surface area contributed by atoms with Gasteiger partial charge in [0.25, 0.3) is 0 Å². The summed E-state index contributed by atoms with van der Waals surface area (Å²) in [7, 11) is 0. The zero-order valence-electron chi connectivity index (χ0n) is 19.4. The molecule has 4 aromatic rings. The van der Waals surface area contributed by atoms with Crippen LogP contribution in [-0.2, 0) is 24.1 Å². The van der Waals surface area contributed by atoms with Crippen molar-refractivity contribution in [2.24, 2.45) is 0 Å². The van der Waals surface area contributed by atoms with Crippen molar-refractivity contribution in [2.75, 3.05) is 13.1 Å². The lowest BCUT2D eigenvalue weighted by molar-refractivity contribution is -0.132. The normalized spacial score (nSPS) is 17.9. The number of fused-ring (bicyclic) bond motifs is 2. The lowest BCUT2D eigenvalue weighted by atomic mass is 10.0. The molecule has 3 heterocycles. The number of aromatic amines is 1. The van der Waals surface area contributed by atoms with E-state index in [-0.39, 0.29) is 11.9 Å². The third-order valence-electron chi connectivity index (χ3n) is 7.44. The first-order valence-electron chi connectivity index (χ1n) is 12.1. The highest BCUT2D eigenvalue weighted by Gasteiger charge is 2.27. The Morgan fingerprint density at radius 3 is 2.94 bits per heavy atom. The number of rotatable bonds is 4. The molecule has 1 amide bonds. The molecule has 6 rings (SSSR count). The first kappa shape index (κ1) is 21.6. The third kappa shape index (κ3) is 3.96. The van der Waals surface area contributed by atoms with E-state index in [4.69, 9.17) is 0 Å². The van der Waals surface area contributed by atoms with Gasteiger partial charge in [0.1, 0.15) is 5.69 Å². The Labute approximate surface area is 207 Å². The van der Waals surface area contributed by atoms with E-state index in [0.717, 1.165) is 63.7 Å². The number of hydrogen-bond acceptors (Lipinski definition) is 3. The van der Waals surface area contributed by atoms with Crippen LogP contribution >= 0.6 is 15.9 Å². The van der Waals surface area contributed by atoms with Gasteiger partial charge in [0, 0.05) is 39.7 Å². The van der Waals surface area contributed by atoms with Crippen molar-refractivity contribution >= 4 is 32.7 Å². The van der Waals surface area contributed by atoms with E-state index in [0.29, 0.717) is 13.0 Å². The second-order valence-corrected chi connectivity index (χ2v) is 10.6. The standard InChI is InChI=1S/C27H28BrN5O/c1-17-23(24-13-21(28)9-10-25(24)29-17)14-27(34)32-11-3-6-22(15-32)33-16-26(30-31-33)20-8-7-18-4-2-5-19(18)12-20/h7-10,12-13,16,22,29H,2-6,11,14-15H2,1H3. The maximum Gasteiger partial charge on any atom is 0.227 e. The largest absolute Gasteiger partial charge is 0.358 e. The van der Waals surface area contributed by atoms with Crippen LogP contribution in [0, 0.1) is 6.92 Å². The quantitative estimate of drug-likeness (QED) is 0.394. The van der Waals surface area contributed by atoms with Crippen molar-refractivity contribution in [3.8, 4) is 11.3 Å². The number of aryl methyl sites for hydroxylation is 3. The predicted molar refractivity (Wildman–Crippen MR) is 137 cm³/mol. The maximum absolute atomic E-state index is 13.3. The van der Waals surface area contributed by atoms with E-state index in [1.54, 1.807) is 0 Å². The van der Waals surface area contributed by atoms with E-state index in [2.05, 4.69) is 67.8 Å². The second-order valence-electron chi connectivity index (χ2n) is 9.65. The van der Waals surface area contributed by atoms with Gasteiger partial charge < -0.3 is 9.88 Å². The van der Waals surface area contributed by atoms with Crippen molar-refractivity contribution in [1.29, 1.82) is 0 Å². The van der Waals surface area contributed by atoms with Crippen molar-refractivity contribution in [3.05, 3.63) is 69.5 Å². The Bertz CT molecular complexity index is 1390. The van der Waals surface area contributed by atoms with Crippen LogP contribution in [0.25, 0.3) is 22.2 Å². The third-order valence-corrected chi connectivity index (χ3v) is 7.93. The topological polar surface area (TPSA) is 66.8 Å². The summed E-state index contributed by atoms with van der Waals surface area (Å²) >= 11 is 3.56. The van der Waals surface area contributed by atoms with Gasteiger partial charge in [0.2, 0.25) is 5.91 Å². The minimum absolute atomic E-state index is 0.159. The lowest BCUT2D eigenvalue weighted by Crippen LogP contribution is -2.41. The smallest absolute Gasteiger partial charge is 0.227 e. The zero-order chi connectivity index (χ0) is 23.2. The Balaban J connectivity index is 1.18. The molecule has 2 aromatic carbocycles. The molecular weight excluding hydrogens is 490 g/mol. The summed E-state index contributed by atoms with van der Waals surface area (Å²) in [4.78, 5) is 18.7. The second kappa shape index (κ2) is 8.69. The fourth-order valence-electron chi connectivity index (χ4n) is 5.56. The van der Waals surface area contributed by atoms with E-state index >= 15 is 0 Å². The van der Waals surface area contributed by atoms with Crippen LogP contribution in [0.1, 0.15) is 47.7 Å². The highest BCUT2D eigenvalue weighted by Crippen LogP contribution is 2.30. The highest BCUT2D eigenvalue weighted by molar-refractivity contribution is 9.10. The van der Waals surface area contributed by atoms with Gasteiger partial charge in [-0.2, -0.15) is 0 Å². The molecule has 7 heteroatoms. The van der Waals surface area contributed by atoms with Crippen LogP contribution in [-0.4, -0.2) is 43.9 Å². The first-order valence-corrected chi connectivity index (χ1v) is 12.9. The summed E-state index contributed by atoms with van der Waals surface area (Å²) in [6, 6.07) is 13.0. The number of piperidine rings is 1. The molecule has 1 atom stereocenters. The van der Waals surface area contributed by atoms with E-state index < -0.39 is 0 Å². The Kier molecular flexibility index (Phi) is 5.52. The van der Waals surface area contributed by atoms with Gasteiger partial charge in [0.05, 0.1) is 18.7 Å². The Morgan fingerprint density at radius 1 is 1.15 bits per heavy atom. The molecule has 0 spiro atoms. The van der Waals surface area contributed by atoms with Crippen molar-refractivity contribution in [3.63, 3.8) is 0 Å². The van der Waals surface area contributed by atoms with Crippen LogP contribution < -0.4 is 0 Å². The number of nitrogens with zero attached hydrogens (tertiary/aromatic N) is 4. The van der Waals surface area contributed by atoms with Gasteiger partial charge >= 0.3 is 0 Å². The molecule has 1 aliphatic heterocycles. The minimum Gasteiger partial charge on any atom is -0.358 e. The van der Waals surface area contributed by atoms with Gasteiger partial charge in [-0.1, -0.05) is 33.3 Å². The molecule has 1 unspecified atom stereocenters. The number of H-pyrrole nitrogens is 1. The number of amides is 1. The monoisotopic (exact) mass is 517 g/mol. The fourth-order valence-corrected chi connectivity index (χ4v) is 5.92. The molecule has 1 fully saturated rings. The highest BCUT2D eigenvalue weighted by atomic mass is 79.9. The van der Waals surface area contributed by atoms with Crippen molar-refractivity contribution < 1.29 is 4.79 Å². The van der Waals surface area contributed by atoms with Crippen LogP contribution in [0.3, 0.4) is 0 Å². The Morgan fingerprint density at radius 2 is 2.03 bits per heavy atom. The Hall–Kier alpha value is -2.93. The molecule has 0 saturated carbocycles. The van der Waals surface area contributed by atoms with Crippen LogP contribution in [0.5, 0.6) is 0 Å². The molecule has 34 heavy (non-hydrogen) atoms. The average molecular weight is 518 g/mol. The molecule has 0 radical (unpaired) electrons. The van der Waals surface area contributed by atoms with E-state index in [9.17, 15) is 4.79 Å². The summed E-state index contributed by atoms with van der Waals surface area (Å²) in [5.74, 6) is 0.174. The first-order chi connectivity index (χ1) is 16.5. The van der Waals surface area contributed by atoms with Gasteiger partial charge in [-0.3, -0.25) is 4.79 Å². The minimum atomic E-state index is 0.159. The molecule has 2 aliphatic rings. The van der Waals surface area contributed by atoms with Crippen molar-refractivity contribution in [2.45, 2.75) is 51.5 Å². The predicted octanol–water partition coefficient (Wildman–Crippen LogP) is 5.39. The number of nitrogens with one attached hydrogen (secondary N) is 1. The van der Waals surface area contributed by atoms with Crippen molar-refractivity contribution in [1.82, 2.24) is 24.9 Å². The number of halogens is 1. The number of hydrogen-bond donors (Lipinski definition) is 1. The molecule has 1 N–H and O–H groups in total. The summed E-state index contributed by atoms with van der Waals surface area (Å²) in [5, 5.41) is 10.1. The molecule has 1 saturated heterocycles. The number of carbonyl (C=O) groups is 1. The van der Waals surface area contributed by atoms with Crippen LogP contribution in [0.2, 0.25) is 0 Å². The summed E-state index contributed by atoms with van der Waals surface area (Å²) in [6.45, 7) is 3.52. The van der Waals surface area contributed by atoms with Gasteiger partial charge in [-0.15, -0.1) is 5.10 Å². The molecular formula is C27H28BrN5O. The summed E-state index contributed by atoms with van der Waals surface area (Å²) in [6.07, 6.45) is 8.03. The maximum atomic E-state index is 13.3. The molecule has 6 nitrogen and oxygen atoms in total. The number of likely N-dealkylation sites (tertiary alicyclic amines) is 1. The number of carbonyl (C=O) groups excluding carboxylic acids is 1. The van der Waals surface area contributed by atoms with E-state index in [1.165, 1.54) is 24.0 Å². The molecule has 1 aliphatic carbocycles. The average Bonchev–Trinajstić information content (AvgIpc) is 3.58. The van der Waals surface area contributed by atoms with Gasteiger partial charge in [-0.25, -0.2) is 4.68 Å². The van der Waals surface area contributed by atoms with Gasteiger partial charge in [0.15, 0.2) is 0 Å². The lowest BCUT2D eigenvalue weighted by Gasteiger charge is -2.32. The molecule has 2 aromatic heterocycles. The number of benzene rings is 2. The van der Waals surface area contributed by atoms with E-state index in [1.807, 2.05) is 22.6 Å². The number of aromatic nitrogens is 4. The van der Waals surface area contributed by atoms with Gasteiger partial charge in [-0.05, 0) is 80.0 Å². The van der Waals surface area contributed by atoms with Crippen LogP contribution in [0.4, 0.5) is 0 Å². The summed E-state index contributed by atoms with van der Waals surface area (Å²) in [5.41, 5.74) is 8.18. The van der Waals surface area contributed by atoms with Crippen LogP contribution in [0.15, 0.2) is 47.1 Å². The molecule has 0 bridgehead atoms. The SMILES string of the molecule is Cc1[nH]c2ccc(Br)cc2c1CC(=O)N1CCCC(n2cc(-c3ccc4c(c3)CCC4)nn2)C1. The fraction of sp³-hybridized carbons (Fsp3) is 0.370. The zero-order valence-corrected chi connectivity index (χ0v) is 20.9.